The zero-order valence-corrected chi connectivity index (χ0v) is 17.1. The van der Waals surface area contributed by atoms with Crippen LogP contribution in [0.2, 0.25) is 0 Å². The Labute approximate surface area is 174 Å². The molecule has 8 nitrogen and oxygen atoms in total. The van der Waals surface area contributed by atoms with Crippen molar-refractivity contribution in [1.82, 2.24) is 5.32 Å². The number of anilines is 1. The molecular weight excluding hydrogens is 449 g/mol. The molecule has 0 radical (unpaired) electrons. The lowest BCUT2D eigenvalue weighted by Crippen LogP contribution is -2.36. The summed E-state index contributed by atoms with van der Waals surface area (Å²) < 4.78 is 71.8. The fourth-order valence-corrected chi connectivity index (χ4v) is 4.37. The Kier molecular flexibility index (Phi) is 7.67. The van der Waals surface area contributed by atoms with E-state index >= 15 is 0 Å². The van der Waals surface area contributed by atoms with Gasteiger partial charge < -0.3 is 14.8 Å². The number of amides is 1. The number of carbonyl (C=O) groups is 2. The molecular formula is C17H17F3N2O6S2. The van der Waals surface area contributed by atoms with Gasteiger partial charge in [-0.15, -0.1) is 11.3 Å². The summed E-state index contributed by atoms with van der Waals surface area (Å²) in [4.78, 5) is 22.7. The van der Waals surface area contributed by atoms with E-state index in [1.54, 1.807) is 16.8 Å². The van der Waals surface area contributed by atoms with Crippen LogP contribution in [0.25, 0.3) is 0 Å². The minimum Gasteiger partial charge on any atom is -0.482 e. The molecule has 0 atom stereocenters. The SMILES string of the molecule is CN(c1ccc(OCC(=O)OCC(=O)NCC(F)(F)F)cc1)S(=O)(=O)c1cccs1. The standard InChI is InChI=1S/C17H17F3N2O6S2/c1-22(30(25,26)16-3-2-8-29-16)12-4-6-13(7-5-12)27-10-15(24)28-9-14(23)21-11-17(18,19)20/h2-8H,9-11H2,1H3,(H,21,23). The lowest BCUT2D eigenvalue weighted by molar-refractivity contribution is -0.152. The summed E-state index contributed by atoms with van der Waals surface area (Å²) in [6.07, 6.45) is -4.56. The first kappa shape index (κ1) is 23.5. The van der Waals surface area contributed by atoms with Crippen LogP contribution in [-0.4, -0.2) is 53.3 Å². The summed E-state index contributed by atoms with van der Waals surface area (Å²) in [6.45, 7) is -2.99. The van der Waals surface area contributed by atoms with Gasteiger partial charge in [0.25, 0.3) is 15.9 Å². The number of sulfonamides is 1. The predicted molar refractivity (Wildman–Crippen MR) is 102 cm³/mol. The third-order valence-electron chi connectivity index (χ3n) is 3.52. The zero-order chi connectivity index (χ0) is 22.4. The summed E-state index contributed by atoms with van der Waals surface area (Å²) in [5.41, 5.74) is 0.361. The van der Waals surface area contributed by atoms with Crippen molar-refractivity contribution in [3.63, 3.8) is 0 Å². The molecule has 1 amide bonds. The number of nitrogens with zero attached hydrogens (tertiary/aromatic N) is 1. The Morgan fingerprint density at radius 1 is 1.13 bits per heavy atom. The minimum atomic E-state index is -4.56. The van der Waals surface area contributed by atoms with E-state index in [4.69, 9.17) is 4.74 Å². The third-order valence-corrected chi connectivity index (χ3v) is 6.68. The molecule has 13 heteroatoms. The van der Waals surface area contributed by atoms with E-state index in [9.17, 15) is 31.2 Å². The molecule has 0 saturated heterocycles. The van der Waals surface area contributed by atoms with Crippen LogP contribution in [0.3, 0.4) is 0 Å². The molecule has 1 N–H and O–H groups in total. The van der Waals surface area contributed by atoms with Crippen LogP contribution in [0.15, 0.2) is 46.0 Å². The first-order chi connectivity index (χ1) is 14.0. The molecule has 0 fully saturated rings. The summed E-state index contributed by atoms with van der Waals surface area (Å²) in [5.74, 6) is -1.84. The number of hydrogen-bond donors (Lipinski definition) is 1. The van der Waals surface area contributed by atoms with Crippen molar-refractivity contribution in [2.45, 2.75) is 10.4 Å². The molecule has 1 heterocycles. The van der Waals surface area contributed by atoms with Gasteiger partial charge in [-0.25, -0.2) is 13.2 Å². The number of rotatable bonds is 9. The first-order valence-corrected chi connectivity index (χ1v) is 10.6. The molecule has 0 aliphatic heterocycles. The summed E-state index contributed by atoms with van der Waals surface area (Å²) in [6, 6.07) is 8.91. The van der Waals surface area contributed by atoms with E-state index in [-0.39, 0.29) is 9.96 Å². The molecule has 2 rings (SSSR count). The number of ether oxygens (including phenoxy) is 2. The fourth-order valence-electron chi connectivity index (χ4n) is 2.02. The highest BCUT2D eigenvalue weighted by Gasteiger charge is 2.27. The number of benzene rings is 1. The number of thiophene rings is 1. The largest absolute Gasteiger partial charge is 0.482 e. The van der Waals surface area contributed by atoms with Gasteiger partial charge in [-0.1, -0.05) is 6.07 Å². The molecule has 0 saturated carbocycles. The second kappa shape index (κ2) is 9.80. The number of nitrogens with one attached hydrogen (secondary N) is 1. The van der Waals surface area contributed by atoms with Crippen LogP contribution in [0.1, 0.15) is 0 Å². The lowest BCUT2D eigenvalue weighted by Gasteiger charge is -2.18. The van der Waals surface area contributed by atoms with Crippen LogP contribution in [0.4, 0.5) is 18.9 Å². The number of hydrogen-bond acceptors (Lipinski definition) is 7. The molecule has 0 aliphatic carbocycles. The molecule has 30 heavy (non-hydrogen) atoms. The van der Waals surface area contributed by atoms with Gasteiger partial charge in [0, 0.05) is 7.05 Å². The van der Waals surface area contributed by atoms with Gasteiger partial charge in [0.1, 0.15) is 16.5 Å². The maximum atomic E-state index is 12.5. The number of halogens is 3. The van der Waals surface area contributed by atoms with E-state index in [2.05, 4.69) is 4.74 Å². The van der Waals surface area contributed by atoms with Crippen molar-refractivity contribution in [2.75, 3.05) is 31.1 Å². The maximum Gasteiger partial charge on any atom is 0.405 e. The van der Waals surface area contributed by atoms with E-state index in [0.717, 1.165) is 15.6 Å². The molecule has 2 aromatic rings. The Balaban J connectivity index is 1.82. The average molecular weight is 466 g/mol. The van der Waals surface area contributed by atoms with Gasteiger partial charge >= 0.3 is 12.1 Å². The van der Waals surface area contributed by atoms with Crippen molar-refractivity contribution in [2.24, 2.45) is 0 Å². The van der Waals surface area contributed by atoms with Gasteiger partial charge in [-0.3, -0.25) is 9.10 Å². The maximum absolute atomic E-state index is 12.5. The molecule has 0 spiro atoms. The molecule has 1 aromatic heterocycles. The summed E-state index contributed by atoms with van der Waals surface area (Å²) in [5, 5.41) is 3.21. The molecule has 1 aromatic carbocycles. The highest BCUT2D eigenvalue weighted by atomic mass is 32.2. The van der Waals surface area contributed by atoms with Crippen molar-refractivity contribution in [3.05, 3.63) is 41.8 Å². The second-order valence-corrected chi connectivity index (χ2v) is 8.88. The van der Waals surface area contributed by atoms with Crippen molar-refractivity contribution >= 4 is 38.9 Å². The summed E-state index contributed by atoms with van der Waals surface area (Å²) in [7, 11) is -2.29. The predicted octanol–water partition coefficient (Wildman–Crippen LogP) is 2.17. The fraction of sp³-hybridized carbons (Fsp3) is 0.294. The smallest absolute Gasteiger partial charge is 0.405 e. The van der Waals surface area contributed by atoms with Crippen LogP contribution >= 0.6 is 11.3 Å². The Hall–Kier alpha value is -2.80. The molecule has 0 bridgehead atoms. The number of esters is 1. The van der Waals surface area contributed by atoms with Gasteiger partial charge in [0.05, 0.1) is 5.69 Å². The minimum absolute atomic E-state index is 0.187. The highest BCUT2D eigenvalue weighted by molar-refractivity contribution is 7.94. The quantitative estimate of drug-likeness (QED) is 0.569. The molecule has 0 aliphatic rings. The van der Waals surface area contributed by atoms with E-state index in [0.29, 0.717) is 5.69 Å². The monoisotopic (exact) mass is 466 g/mol. The van der Waals surface area contributed by atoms with Crippen molar-refractivity contribution in [1.29, 1.82) is 0 Å². The van der Waals surface area contributed by atoms with Gasteiger partial charge in [0.15, 0.2) is 13.2 Å². The van der Waals surface area contributed by atoms with E-state index < -0.39 is 47.8 Å². The number of carbonyl (C=O) groups excluding carboxylic acids is 2. The lowest BCUT2D eigenvalue weighted by atomic mass is 10.3. The Bertz CT molecular complexity index is 960. The van der Waals surface area contributed by atoms with Gasteiger partial charge in [-0.05, 0) is 35.7 Å². The van der Waals surface area contributed by atoms with E-state index in [1.807, 2.05) is 0 Å². The van der Waals surface area contributed by atoms with Crippen molar-refractivity contribution < 1.29 is 40.7 Å². The van der Waals surface area contributed by atoms with Crippen molar-refractivity contribution in [3.8, 4) is 5.75 Å². The van der Waals surface area contributed by atoms with Crippen LogP contribution < -0.4 is 14.4 Å². The van der Waals surface area contributed by atoms with Crippen LogP contribution in [0.5, 0.6) is 5.75 Å². The summed E-state index contributed by atoms with van der Waals surface area (Å²) >= 11 is 1.09. The van der Waals surface area contributed by atoms with Crippen LogP contribution in [-0.2, 0) is 24.3 Å². The molecule has 0 unspecified atom stereocenters. The Morgan fingerprint density at radius 3 is 2.37 bits per heavy atom. The highest BCUT2D eigenvalue weighted by Crippen LogP contribution is 2.26. The average Bonchev–Trinajstić information content (AvgIpc) is 3.24. The molecule has 164 valence electrons. The van der Waals surface area contributed by atoms with Gasteiger partial charge in [0.2, 0.25) is 0 Å². The second-order valence-electron chi connectivity index (χ2n) is 5.74. The first-order valence-electron chi connectivity index (χ1n) is 8.23. The normalized spacial score (nSPS) is 11.6. The number of alkyl halides is 3. The zero-order valence-electron chi connectivity index (χ0n) is 15.5. The Morgan fingerprint density at radius 2 is 1.80 bits per heavy atom. The van der Waals surface area contributed by atoms with E-state index in [1.165, 1.54) is 37.4 Å². The van der Waals surface area contributed by atoms with Crippen LogP contribution in [0, 0.1) is 0 Å². The topological polar surface area (TPSA) is 102 Å². The third kappa shape index (κ3) is 6.91. The van der Waals surface area contributed by atoms with Gasteiger partial charge in [-0.2, -0.15) is 13.2 Å².